The number of hydrogen-bond donors (Lipinski definition) is 1. The zero-order valence-corrected chi connectivity index (χ0v) is 12.2. The van der Waals surface area contributed by atoms with E-state index < -0.39 is 0 Å². The summed E-state index contributed by atoms with van der Waals surface area (Å²) in [6, 6.07) is 8.55. The van der Waals surface area contributed by atoms with Crippen molar-refractivity contribution in [3.63, 3.8) is 0 Å². The predicted octanol–water partition coefficient (Wildman–Crippen LogP) is 5.80. The van der Waals surface area contributed by atoms with Crippen molar-refractivity contribution in [2.24, 2.45) is 0 Å². The third-order valence-electron chi connectivity index (χ3n) is 1.62. The van der Waals surface area contributed by atoms with Gasteiger partial charge in [-0.15, -0.1) is 6.58 Å². The number of benzene rings is 1. The lowest BCUT2D eigenvalue weighted by atomic mass is 10.1. The first kappa shape index (κ1) is 21.0. The number of rotatable bonds is 2. The van der Waals surface area contributed by atoms with Crippen LogP contribution in [0.5, 0.6) is 0 Å². The highest BCUT2D eigenvalue weighted by Gasteiger charge is 1.84. The average molecular weight is 235 g/mol. The molecule has 1 aromatic rings. The van der Waals surface area contributed by atoms with Gasteiger partial charge in [-0.3, -0.25) is 0 Å². The zero-order valence-electron chi connectivity index (χ0n) is 12.2. The van der Waals surface area contributed by atoms with Crippen molar-refractivity contribution in [3.05, 3.63) is 54.1 Å². The Morgan fingerprint density at radius 2 is 1.53 bits per heavy atom. The Labute approximate surface area is 108 Å². The van der Waals surface area contributed by atoms with Crippen LogP contribution in [0, 0.1) is 6.92 Å². The Morgan fingerprint density at radius 3 is 1.88 bits per heavy atom. The summed E-state index contributed by atoms with van der Waals surface area (Å²) in [7, 11) is 0. The second-order valence-electron chi connectivity index (χ2n) is 3.13. The largest absolute Gasteiger partial charge is 0.344 e. The van der Waals surface area contributed by atoms with Crippen LogP contribution in [0.1, 0.15) is 45.2 Å². The van der Waals surface area contributed by atoms with Gasteiger partial charge < -0.3 is 6.15 Å². The SMILES string of the molecule is C=CC.CC.CCC=Cc1ccc(C)cc1.N. The molecule has 0 saturated heterocycles. The van der Waals surface area contributed by atoms with Gasteiger partial charge in [-0.05, 0) is 25.8 Å². The lowest BCUT2D eigenvalue weighted by Crippen LogP contribution is -1.72. The molecule has 0 radical (unpaired) electrons. The zero-order chi connectivity index (χ0) is 12.8. The van der Waals surface area contributed by atoms with E-state index in [1.54, 1.807) is 6.08 Å². The maximum absolute atomic E-state index is 3.36. The van der Waals surface area contributed by atoms with Crippen molar-refractivity contribution in [2.75, 3.05) is 0 Å². The van der Waals surface area contributed by atoms with Crippen molar-refractivity contribution in [2.45, 2.75) is 41.0 Å². The summed E-state index contributed by atoms with van der Waals surface area (Å²) in [6.07, 6.45) is 7.18. The van der Waals surface area contributed by atoms with Gasteiger partial charge in [0.15, 0.2) is 0 Å². The predicted molar refractivity (Wildman–Crippen MR) is 82.7 cm³/mol. The van der Waals surface area contributed by atoms with Crippen LogP contribution >= 0.6 is 0 Å². The van der Waals surface area contributed by atoms with Gasteiger partial charge in [0.1, 0.15) is 0 Å². The van der Waals surface area contributed by atoms with Crippen LogP contribution in [0.25, 0.3) is 6.08 Å². The minimum atomic E-state index is 0. The Balaban J connectivity index is -0.000000286. The quantitative estimate of drug-likeness (QED) is 0.646. The van der Waals surface area contributed by atoms with Crippen LogP contribution in [-0.4, -0.2) is 0 Å². The van der Waals surface area contributed by atoms with Crippen molar-refractivity contribution >= 4 is 6.08 Å². The van der Waals surface area contributed by atoms with E-state index in [1.165, 1.54) is 11.1 Å². The molecule has 1 nitrogen and oxygen atoms in total. The molecule has 1 aromatic carbocycles. The maximum Gasteiger partial charge on any atom is -0.0260 e. The fourth-order valence-electron chi connectivity index (χ4n) is 0.931. The fourth-order valence-corrected chi connectivity index (χ4v) is 0.931. The highest BCUT2D eigenvalue weighted by atomic mass is 14.0. The molecular formula is C16H29N. The molecule has 0 aromatic heterocycles. The second kappa shape index (κ2) is 17.1. The van der Waals surface area contributed by atoms with E-state index in [2.05, 4.69) is 56.8 Å². The molecule has 0 heterocycles. The third kappa shape index (κ3) is 14.7. The molecule has 0 spiro atoms. The lowest BCUT2D eigenvalue weighted by Gasteiger charge is -1.93. The van der Waals surface area contributed by atoms with E-state index in [1.807, 2.05) is 20.8 Å². The van der Waals surface area contributed by atoms with Gasteiger partial charge in [-0.2, -0.15) is 0 Å². The molecule has 0 aliphatic heterocycles. The highest BCUT2D eigenvalue weighted by Crippen LogP contribution is 2.04. The van der Waals surface area contributed by atoms with E-state index in [4.69, 9.17) is 0 Å². The standard InChI is InChI=1S/C11H14.C3H6.C2H6.H3N/c1-3-4-5-11-8-6-10(2)7-9-11;1-3-2;1-2;/h4-9H,3H2,1-2H3;3H,1H2,2H3;1-2H3;1H3. The van der Waals surface area contributed by atoms with Gasteiger partial charge in [-0.25, -0.2) is 0 Å². The van der Waals surface area contributed by atoms with E-state index >= 15 is 0 Å². The molecule has 0 aliphatic rings. The summed E-state index contributed by atoms with van der Waals surface area (Å²) < 4.78 is 0. The molecule has 0 atom stereocenters. The van der Waals surface area contributed by atoms with E-state index in [0.717, 1.165) is 6.42 Å². The maximum atomic E-state index is 3.36. The summed E-state index contributed by atoms with van der Waals surface area (Å²) in [5.41, 5.74) is 2.61. The highest BCUT2D eigenvalue weighted by molar-refractivity contribution is 5.49. The Hall–Kier alpha value is -1.34. The minimum absolute atomic E-state index is 0. The first-order valence-electron chi connectivity index (χ1n) is 6.04. The van der Waals surface area contributed by atoms with Gasteiger partial charge in [0.2, 0.25) is 0 Å². The van der Waals surface area contributed by atoms with Gasteiger partial charge in [0.25, 0.3) is 0 Å². The normalized spacial score (nSPS) is 8.06. The van der Waals surface area contributed by atoms with Gasteiger partial charge in [-0.1, -0.05) is 68.8 Å². The van der Waals surface area contributed by atoms with Crippen LogP contribution in [-0.2, 0) is 0 Å². The molecule has 3 N–H and O–H groups in total. The second-order valence-corrected chi connectivity index (χ2v) is 3.13. The summed E-state index contributed by atoms with van der Waals surface area (Å²) in [6.45, 7) is 13.5. The lowest BCUT2D eigenvalue weighted by molar-refractivity contribution is 1.23. The number of allylic oxidation sites excluding steroid dienone is 2. The molecule has 1 rings (SSSR count). The summed E-state index contributed by atoms with van der Waals surface area (Å²) in [5.74, 6) is 0. The van der Waals surface area contributed by atoms with Gasteiger partial charge >= 0.3 is 0 Å². The molecule has 17 heavy (non-hydrogen) atoms. The molecule has 0 bridgehead atoms. The molecular weight excluding hydrogens is 206 g/mol. The Kier molecular flexibility index (Phi) is 21.1. The summed E-state index contributed by atoms with van der Waals surface area (Å²) in [5, 5.41) is 0. The molecule has 1 heteroatoms. The first-order chi connectivity index (χ1) is 7.74. The summed E-state index contributed by atoms with van der Waals surface area (Å²) in [4.78, 5) is 0. The average Bonchev–Trinajstić information content (AvgIpc) is 2.32. The van der Waals surface area contributed by atoms with Crippen molar-refractivity contribution < 1.29 is 0 Å². The van der Waals surface area contributed by atoms with Crippen LogP contribution in [0.3, 0.4) is 0 Å². The van der Waals surface area contributed by atoms with Crippen LogP contribution in [0.15, 0.2) is 43.0 Å². The summed E-state index contributed by atoms with van der Waals surface area (Å²) >= 11 is 0. The smallest absolute Gasteiger partial charge is 0.0260 e. The number of hydrogen-bond acceptors (Lipinski definition) is 1. The van der Waals surface area contributed by atoms with Crippen molar-refractivity contribution in [1.82, 2.24) is 6.15 Å². The fraction of sp³-hybridized carbons (Fsp3) is 0.375. The Bertz CT molecular complexity index is 270. The first-order valence-corrected chi connectivity index (χ1v) is 6.04. The molecule has 98 valence electrons. The monoisotopic (exact) mass is 235 g/mol. The van der Waals surface area contributed by atoms with Gasteiger partial charge in [0, 0.05) is 0 Å². The van der Waals surface area contributed by atoms with Crippen molar-refractivity contribution in [3.8, 4) is 0 Å². The van der Waals surface area contributed by atoms with Crippen LogP contribution in [0.4, 0.5) is 0 Å². The van der Waals surface area contributed by atoms with Crippen LogP contribution in [0.2, 0.25) is 0 Å². The Morgan fingerprint density at radius 1 is 1.12 bits per heavy atom. The minimum Gasteiger partial charge on any atom is -0.344 e. The van der Waals surface area contributed by atoms with E-state index in [-0.39, 0.29) is 6.15 Å². The molecule has 0 amide bonds. The van der Waals surface area contributed by atoms with E-state index in [0.29, 0.717) is 0 Å². The molecule has 0 fully saturated rings. The molecule has 0 saturated carbocycles. The topological polar surface area (TPSA) is 35.0 Å². The van der Waals surface area contributed by atoms with Crippen LogP contribution < -0.4 is 6.15 Å². The van der Waals surface area contributed by atoms with E-state index in [9.17, 15) is 0 Å². The van der Waals surface area contributed by atoms with Gasteiger partial charge in [0.05, 0.1) is 0 Å². The number of aryl methyl sites for hydroxylation is 1. The third-order valence-corrected chi connectivity index (χ3v) is 1.62. The molecule has 0 aliphatic carbocycles. The molecule has 0 unspecified atom stereocenters. The van der Waals surface area contributed by atoms with Crippen molar-refractivity contribution in [1.29, 1.82) is 0 Å².